The highest BCUT2D eigenvalue weighted by Gasteiger charge is 2.29. The summed E-state index contributed by atoms with van der Waals surface area (Å²) in [5, 5.41) is 21.1. The lowest BCUT2D eigenvalue weighted by molar-refractivity contribution is -0.383. The van der Waals surface area contributed by atoms with Crippen LogP contribution in [0.5, 0.6) is 5.75 Å². The molecule has 2 aromatic rings. The molecule has 0 saturated heterocycles. The van der Waals surface area contributed by atoms with Crippen LogP contribution in [0.2, 0.25) is 0 Å². The number of nitrogens with zero attached hydrogens (tertiary/aromatic N) is 2. The van der Waals surface area contributed by atoms with Crippen molar-refractivity contribution in [1.29, 1.82) is 0 Å². The number of alkyl carbamates (subject to hydrolysis) is 1. The number of likely N-dealkylation sites (N-methyl/N-ethyl adjacent to an activating group) is 1. The molecule has 0 radical (unpaired) electrons. The number of carbonyl (C=O) groups is 2. The topological polar surface area (TPSA) is 135 Å². The molecule has 1 fully saturated rings. The number of aryl methyl sites for hydroxylation is 1. The largest absolute Gasteiger partial charge is 0.496 e. The smallest absolute Gasteiger partial charge is 0.407 e. The van der Waals surface area contributed by atoms with Crippen LogP contribution in [0.1, 0.15) is 52.0 Å². The van der Waals surface area contributed by atoms with E-state index in [0.29, 0.717) is 49.3 Å². The Morgan fingerprint density at radius 1 is 1.12 bits per heavy atom. The third kappa shape index (κ3) is 8.49. The third-order valence-corrected chi connectivity index (χ3v) is 6.86. The van der Waals surface area contributed by atoms with Crippen LogP contribution in [-0.2, 0) is 9.53 Å². The van der Waals surface area contributed by atoms with Crippen LogP contribution < -0.4 is 25.6 Å². The summed E-state index contributed by atoms with van der Waals surface area (Å²) in [6.45, 7) is 7.92. The van der Waals surface area contributed by atoms with Crippen LogP contribution in [0.4, 0.5) is 27.5 Å². The number of nitrogens with one attached hydrogen (secondary N) is 3. The van der Waals surface area contributed by atoms with Crippen molar-refractivity contribution in [3.05, 3.63) is 52.1 Å². The molecule has 0 bridgehead atoms. The van der Waals surface area contributed by atoms with Gasteiger partial charge >= 0.3 is 11.8 Å². The van der Waals surface area contributed by atoms with Crippen molar-refractivity contribution in [3.63, 3.8) is 0 Å². The maximum atomic E-state index is 12.9. The standard InChI is InChI=1S/C29H41N5O6/c1-19-10-13-22(18-25(19)39-6)32-27(35)20-11-14-21(15-12-20)31-23-8-7-9-24(26(23)34(37)38)33(5)17-16-30-28(36)40-29(2,3)4/h7-10,13,18,20-21,31H,11-12,14-17H2,1-6H3,(H,30,36)(H,32,35). The Hall–Kier alpha value is -4.02. The van der Waals surface area contributed by atoms with Gasteiger partial charge in [-0.05, 0) is 77.1 Å². The highest BCUT2D eigenvalue weighted by atomic mass is 16.6. The molecule has 3 N–H and O–H groups in total. The van der Waals surface area contributed by atoms with E-state index in [9.17, 15) is 19.7 Å². The summed E-state index contributed by atoms with van der Waals surface area (Å²) in [7, 11) is 3.35. The Morgan fingerprint density at radius 3 is 2.45 bits per heavy atom. The van der Waals surface area contributed by atoms with E-state index in [-0.39, 0.29) is 35.0 Å². The molecule has 0 unspecified atom stereocenters. The van der Waals surface area contributed by atoms with Gasteiger partial charge in [0.2, 0.25) is 5.91 Å². The van der Waals surface area contributed by atoms with E-state index in [1.165, 1.54) is 0 Å². The second-order valence-electron chi connectivity index (χ2n) is 11.1. The van der Waals surface area contributed by atoms with Crippen molar-refractivity contribution in [2.75, 3.05) is 42.8 Å². The first-order chi connectivity index (χ1) is 18.9. The van der Waals surface area contributed by atoms with Crippen LogP contribution in [0, 0.1) is 23.0 Å². The van der Waals surface area contributed by atoms with Gasteiger partial charge in [0.25, 0.3) is 0 Å². The zero-order valence-corrected chi connectivity index (χ0v) is 24.2. The van der Waals surface area contributed by atoms with Gasteiger partial charge in [0.1, 0.15) is 22.7 Å². The lowest BCUT2D eigenvalue weighted by Gasteiger charge is -2.29. The van der Waals surface area contributed by atoms with Crippen LogP contribution in [-0.4, -0.2) is 55.8 Å². The molecule has 0 aromatic heterocycles. The van der Waals surface area contributed by atoms with E-state index in [1.807, 2.05) is 25.1 Å². The molecular weight excluding hydrogens is 514 g/mol. The number of anilines is 3. The monoisotopic (exact) mass is 555 g/mol. The second-order valence-corrected chi connectivity index (χ2v) is 11.1. The highest BCUT2D eigenvalue weighted by molar-refractivity contribution is 5.92. The van der Waals surface area contributed by atoms with E-state index in [0.717, 1.165) is 11.3 Å². The summed E-state index contributed by atoms with van der Waals surface area (Å²) in [6, 6.07) is 10.8. The molecule has 1 saturated carbocycles. The normalized spacial score (nSPS) is 16.9. The second kappa shape index (κ2) is 13.4. The molecular formula is C29H41N5O6. The van der Waals surface area contributed by atoms with Crippen molar-refractivity contribution in [1.82, 2.24) is 5.32 Å². The quantitative estimate of drug-likeness (QED) is 0.259. The lowest BCUT2D eigenvalue weighted by atomic mass is 9.85. The molecule has 11 heteroatoms. The van der Waals surface area contributed by atoms with Crippen molar-refractivity contribution in [2.24, 2.45) is 5.92 Å². The summed E-state index contributed by atoms with van der Waals surface area (Å²) < 4.78 is 10.6. The van der Waals surface area contributed by atoms with Gasteiger partial charge in [-0.25, -0.2) is 4.79 Å². The SMILES string of the molecule is COc1cc(NC(=O)C2CCC(Nc3cccc(N(C)CCNC(=O)OC(C)(C)C)c3[N+](=O)[O-])CC2)ccc1C. The van der Waals surface area contributed by atoms with E-state index in [4.69, 9.17) is 9.47 Å². The fourth-order valence-corrected chi connectivity index (χ4v) is 4.77. The highest BCUT2D eigenvalue weighted by Crippen LogP contribution is 2.37. The van der Waals surface area contributed by atoms with Crippen LogP contribution in [0.25, 0.3) is 0 Å². The Labute approximate surface area is 235 Å². The zero-order valence-electron chi connectivity index (χ0n) is 24.2. The molecule has 0 aliphatic heterocycles. The van der Waals surface area contributed by atoms with Gasteiger partial charge in [-0.2, -0.15) is 0 Å². The number of carbonyl (C=O) groups excluding carboxylic acids is 2. The number of benzene rings is 2. The molecule has 1 aliphatic carbocycles. The van der Waals surface area contributed by atoms with Crippen molar-refractivity contribution in [2.45, 2.75) is 65.0 Å². The van der Waals surface area contributed by atoms with Crippen molar-refractivity contribution < 1.29 is 24.0 Å². The van der Waals surface area contributed by atoms with E-state index in [1.54, 1.807) is 58.0 Å². The Kier molecular flexibility index (Phi) is 10.2. The predicted molar refractivity (Wildman–Crippen MR) is 156 cm³/mol. The van der Waals surface area contributed by atoms with Gasteiger partial charge in [-0.1, -0.05) is 12.1 Å². The summed E-state index contributed by atoms with van der Waals surface area (Å²) in [6.07, 6.45) is 2.25. The molecule has 1 aliphatic rings. The Balaban J connectivity index is 1.58. The predicted octanol–water partition coefficient (Wildman–Crippen LogP) is 5.48. The van der Waals surface area contributed by atoms with E-state index in [2.05, 4.69) is 16.0 Å². The number of ether oxygens (including phenoxy) is 2. The average Bonchev–Trinajstić information content (AvgIpc) is 2.88. The van der Waals surface area contributed by atoms with Crippen LogP contribution in [0.3, 0.4) is 0 Å². The minimum absolute atomic E-state index is 0.0108. The average molecular weight is 556 g/mol. The third-order valence-electron chi connectivity index (χ3n) is 6.86. The first kappa shape index (κ1) is 30.5. The summed E-state index contributed by atoms with van der Waals surface area (Å²) >= 11 is 0. The van der Waals surface area contributed by atoms with Crippen molar-refractivity contribution in [3.8, 4) is 5.75 Å². The summed E-state index contributed by atoms with van der Waals surface area (Å²) in [5.74, 6) is 0.564. The lowest BCUT2D eigenvalue weighted by Crippen LogP contribution is -2.37. The number of amides is 2. The number of hydrogen-bond donors (Lipinski definition) is 3. The van der Waals surface area contributed by atoms with Gasteiger partial charge in [-0.3, -0.25) is 14.9 Å². The molecule has 0 spiro atoms. The Morgan fingerprint density at radius 2 is 1.82 bits per heavy atom. The zero-order chi connectivity index (χ0) is 29.4. The molecule has 3 rings (SSSR count). The fourth-order valence-electron chi connectivity index (χ4n) is 4.77. The number of nitro benzene ring substituents is 1. The molecule has 2 aromatic carbocycles. The van der Waals surface area contributed by atoms with Gasteiger partial charge < -0.3 is 30.3 Å². The maximum absolute atomic E-state index is 12.9. The molecule has 11 nitrogen and oxygen atoms in total. The van der Waals surface area contributed by atoms with Crippen LogP contribution >= 0.6 is 0 Å². The summed E-state index contributed by atoms with van der Waals surface area (Å²) in [5.41, 5.74) is 1.96. The van der Waals surface area contributed by atoms with Gasteiger partial charge in [-0.15, -0.1) is 0 Å². The van der Waals surface area contributed by atoms with Gasteiger partial charge in [0, 0.05) is 43.9 Å². The molecule has 0 heterocycles. The number of hydrogen-bond acceptors (Lipinski definition) is 8. The number of rotatable bonds is 10. The minimum atomic E-state index is -0.604. The first-order valence-corrected chi connectivity index (χ1v) is 13.6. The number of methoxy groups -OCH3 is 1. The molecule has 40 heavy (non-hydrogen) atoms. The fraction of sp³-hybridized carbons (Fsp3) is 0.517. The molecule has 218 valence electrons. The van der Waals surface area contributed by atoms with Gasteiger partial charge in [0.15, 0.2) is 0 Å². The van der Waals surface area contributed by atoms with E-state index >= 15 is 0 Å². The number of nitro groups is 1. The number of para-hydroxylation sites is 1. The Bertz CT molecular complexity index is 1200. The minimum Gasteiger partial charge on any atom is -0.496 e. The molecule has 0 atom stereocenters. The van der Waals surface area contributed by atoms with Crippen LogP contribution in [0.15, 0.2) is 36.4 Å². The maximum Gasteiger partial charge on any atom is 0.407 e. The molecule has 2 amide bonds. The summed E-state index contributed by atoms with van der Waals surface area (Å²) in [4.78, 5) is 38.2. The first-order valence-electron chi connectivity index (χ1n) is 13.6. The van der Waals surface area contributed by atoms with E-state index < -0.39 is 11.7 Å². The van der Waals surface area contributed by atoms with Gasteiger partial charge in [0.05, 0.1) is 12.0 Å². The van der Waals surface area contributed by atoms with Crippen molar-refractivity contribution >= 4 is 34.7 Å².